The zero-order valence-electron chi connectivity index (χ0n) is 15.6. The third kappa shape index (κ3) is 5.20. The molecule has 0 spiro atoms. The molecule has 3 rings (SSSR count). The van der Waals surface area contributed by atoms with Crippen LogP contribution in [0.15, 0.2) is 84.9 Å². The minimum atomic E-state index is -0.438. The summed E-state index contributed by atoms with van der Waals surface area (Å²) in [6.07, 6.45) is 0.120. The highest BCUT2D eigenvalue weighted by molar-refractivity contribution is 5.95. The Hall–Kier alpha value is -3.60. The molecule has 2 amide bonds. The number of benzene rings is 3. The van der Waals surface area contributed by atoms with E-state index in [0.717, 1.165) is 11.3 Å². The number of anilines is 1. The Labute approximate surface area is 164 Å². The van der Waals surface area contributed by atoms with E-state index >= 15 is 0 Å². The topological polar surface area (TPSA) is 67.4 Å². The lowest BCUT2D eigenvalue weighted by molar-refractivity contribution is -0.116. The maximum absolute atomic E-state index is 12.6. The van der Waals surface area contributed by atoms with E-state index in [1.807, 2.05) is 48.5 Å². The highest BCUT2D eigenvalue weighted by Crippen LogP contribution is 2.20. The van der Waals surface area contributed by atoms with Crippen molar-refractivity contribution in [2.24, 2.45) is 0 Å². The highest BCUT2D eigenvalue weighted by Gasteiger charge is 2.19. The minimum Gasteiger partial charge on any atom is -0.497 e. The van der Waals surface area contributed by atoms with Gasteiger partial charge in [0.15, 0.2) is 0 Å². The van der Waals surface area contributed by atoms with Crippen LogP contribution in [0.1, 0.15) is 28.4 Å². The van der Waals surface area contributed by atoms with E-state index in [0.29, 0.717) is 11.3 Å². The summed E-state index contributed by atoms with van der Waals surface area (Å²) in [4.78, 5) is 25.2. The van der Waals surface area contributed by atoms with E-state index in [9.17, 15) is 9.59 Å². The summed E-state index contributed by atoms with van der Waals surface area (Å²) in [6.45, 7) is 0. The van der Waals surface area contributed by atoms with E-state index in [-0.39, 0.29) is 18.2 Å². The number of hydrogen-bond acceptors (Lipinski definition) is 3. The Bertz CT molecular complexity index is 910. The molecule has 0 aliphatic heterocycles. The molecule has 2 N–H and O–H groups in total. The number of hydrogen-bond donors (Lipinski definition) is 2. The van der Waals surface area contributed by atoms with Crippen molar-refractivity contribution in [1.82, 2.24) is 5.32 Å². The van der Waals surface area contributed by atoms with Gasteiger partial charge in [-0.3, -0.25) is 9.59 Å². The molecule has 1 unspecified atom stereocenters. The van der Waals surface area contributed by atoms with Crippen LogP contribution >= 0.6 is 0 Å². The smallest absolute Gasteiger partial charge is 0.251 e. The molecule has 0 fully saturated rings. The monoisotopic (exact) mass is 374 g/mol. The predicted octanol–water partition coefficient (Wildman–Crippen LogP) is 4.20. The van der Waals surface area contributed by atoms with Gasteiger partial charge in [0.1, 0.15) is 5.75 Å². The van der Waals surface area contributed by atoms with Crippen LogP contribution in [0.4, 0.5) is 5.69 Å². The van der Waals surface area contributed by atoms with Crippen molar-refractivity contribution in [2.75, 3.05) is 12.4 Å². The van der Waals surface area contributed by atoms with Crippen LogP contribution in [-0.4, -0.2) is 18.9 Å². The minimum absolute atomic E-state index is 0.120. The van der Waals surface area contributed by atoms with Gasteiger partial charge >= 0.3 is 0 Å². The van der Waals surface area contributed by atoms with Gasteiger partial charge in [-0.15, -0.1) is 0 Å². The molecule has 0 heterocycles. The third-order valence-electron chi connectivity index (χ3n) is 4.31. The molecule has 0 bridgehead atoms. The molecule has 0 aliphatic carbocycles. The first kappa shape index (κ1) is 19.2. The fourth-order valence-electron chi connectivity index (χ4n) is 2.84. The quantitative estimate of drug-likeness (QED) is 0.651. The molecule has 5 heteroatoms. The molecular weight excluding hydrogens is 352 g/mol. The Morgan fingerprint density at radius 1 is 0.857 bits per heavy atom. The molecule has 0 aromatic heterocycles. The van der Waals surface area contributed by atoms with Gasteiger partial charge in [0, 0.05) is 11.3 Å². The molecule has 0 aliphatic rings. The Morgan fingerprint density at radius 2 is 1.46 bits per heavy atom. The van der Waals surface area contributed by atoms with Crippen molar-refractivity contribution in [3.8, 4) is 5.75 Å². The summed E-state index contributed by atoms with van der Waals surface area (Å²) in [5.74, 6) is 0.314. The Balaban J connectivity index is 1.71. The summed E-state index contributed by atoms with van der Waals surface area (Å²) < 4.78 is 5.12. The summed E-state index contributed by atoms with van der Waals surface area (Å²) >= 11 is 0. The van der Waals surface area contributed by atoms with Gasteiger partial charge in [-0.05, 0) is 42.0 Å². The first-order valence-electron chi connectivity index (χ1n) is 9.00. The van der Waals surface area contributed by atoms with Crippen LogP contribution in [-0.2, 0) is 4.79 Å². The predicted molar refractivity (Wildman–Crippen MR) is 109 cm³/mol. The van der Waals surface area contributed by atoms with Gasteiger partial charge in [0.25, 0.3) is 5.91 Å². The SMILES string of the molecule is COc1ccc(NC(=O)CC(NC(=O)c2ccccc2)c2ccccc2)cc1. The molecule has 28 heavy (non-hydrogen) atoms. The van der Waals surface area contributed by atoms with Gasteiger partial charge in [0.05, 0.1) is 19.6 Å². The van der Waals surface area contributed by atoms with Crippen molar-refractivity contribution in [3.05, 3.63) is 96.1 Å². The standard InChI is InChI=1S/C23H22N2O3/c1-28-20-14-12-19(13-15-20)24-22(26)16-21(17-8-4-2-5-9-17)25-23(27)18-10-6-3-7-11-18/h2-15,21H,16H2,1H3,(H,24,26)(H,25,27). The molecule has 3 aromatic rings. The Morgan fingerprint density at radius 3 is 2.07 bits per heavy atom. The van der Waals surface area contributed by atoms with Gasteiger partial charge in [-0.1, -0.05) is 48.5 Å². The summed E-state index contributed by atoms with van der Waals surface area (Å²) in [7, 11) is 1.59. The number of methoxy groups -OCH3 is 1. The summed E-state index contributed by atoms with van der Waals surface area (Å²) in [5.41, 5.74) is 2.10. The lowest BCUT2D eigenvalue weighted by Crippen LogP contribution is -2.31. The lowest BCUT2D eigenvalue weighted by atomic mass is 10.0. The zero-order valence-corrected chi connectivity index (χ0v) is 15.6. The van der Waals surface area contributed by atoms with E-state index in [4.69, 9.17) is 4.74 Å². The first-order valence-corrected chi connectivity index (χ1v) is 9.00. The van der Waals surface area contributed by atoms with Crippen LogP contribution in [0, 0.1) is 0 Å². The molecule has 0 saturated carbocycles. The molecule has 5 nitrogen and oxygen atoms in total. The molecule has 0 saturated heterocycles. The van der Waals surface area contributed by atoms with Gasteiger partial charge < -0.3 is 15.4 Å². The Kier molecular flexibility index (Phi) is 6.41. The number of ether oxygens (including phenoxy) is 1. The number of amides is 2. The van der Waals surface area contributed by atoms with Crippen LogP contribution < -0.4 is 15.4 Å². The average molecular weight is 374 g/mol. The largest absolute Gasteiger partial charge is 0.497 e. The van der Waals surface area contributed by atoms with Crippen LogP contribution in [0.25, 0.3) is 0 Å². The van der Waals surface area contributed by atoms with Crippen molar-refractivity contribution >= 4 is 17.5 Å². The first-order chi connectivity index (χ1) is 13.7. The number of nitrogens with one attached hydrogen (secondary N) is 2. The molecule has 3 aromatic carbocycles. The van der Waals surface area contributed by atoms with Gasteiger partial charge in [0.2, 0.25) is 5.91 Å². The normalized spacial score (nSPS) is 11.3. The number of rotatable bonds is 7. The van der Waals surface area contributed by atoms with E-state index < -0.39 is 6.04 Å². The van der Waals surface area contributed by atoms with Crippen molar-refractivity contribution in [2.45, 2.75) is 12.5 Å². The summed E-state index contributed by atoms with van der Waals surface area (Å²) in [5, 5.41) is 5.83. The highest BCUT2D eigenvalue weighted by atomic mass is 16.5. The molecule has 1 atom stereocenters. The van der Waals surface area contributed by atoms with Crippen LogP contribution in [0.2, 0.25) is 0 Å². The second-order valence-corrected chi connectivity index (χ2v) is 6.28. The average Bonchev–Trinajstić information content (AvgIpc) is 2.75. The molecule has 0 radical (unpaired) electrons. The van der Waals surface area contributed by atoms with E-state index in [1.165, 1.54) is 0 Å². The maximum atomic E-state index is 12.6. The van der Waals surface area contributed by atoms with Crippen LogP contribution in [0.3, 0.4) is 0 Å². The van der Waals surface area contributed by atoms with Crippen molar-refractivity contribution in [3.63, 3.8) is 0 Å². The number of carbonyl (C=O) groups excluding carboxylic acids is 2. The lowest BCUT2D eigenvalue weighted by Gasteiger charge is -2.19. The fourth-order valence-corrected chi connectivity index (χ4v) is 2.84. The van der Waals surface area contributed by atoms with Gasteiger partial charge in [-0.2, -0.15) is 0 Å². The van der Waals surface area contributed by atoms with Crippen LogP contribution in [0.5, 0.6) is 5.75 Å². The van der Waals surface area contributed by atoms with Crippen molar-refractivity contribution < 1.29 is 14.3 Å². The second kappa shape index (κ2) is 9.37. The second-order valence-electron chi connectivity index (χ2n) is 6.28. The van der Waals surface area contributed by atoms with E-state index in [1.54, 1.807) is 43.5 Å². The van der Waals surface area contributed by atoms with E-state index in [2.05, 4.69) is 10.6 Å². The fraction of sp³-hybridized carbons (Fsp3) is 0.130. The van der Waals surface area contributed by atoms with Gasteiger partial charge in [-0.25, -0.2) is 0 Å². The zero-order chi connectivity index (χ0) is 19.8. The molecular formula is C23H22N2O3. The number of carbonyl (C=O) groups is 2. The summed E-state index contributed by atoms with van der Waals surface area (Å²) in [6, 6.07) is 25.1. The third-order valence-corrected chi connectivity index (χ3v) is 4.31. The maximum Gasteiger partial charge on any atom is 0.251 e. The molecule has 142 valence electrons. The van der Waals surface area contributed by atoms with Crippen molar-refractivity contribution in [1.29, 1.82) is 0 Å².